The first kappa shape index (κ1) is 28.4. The van der Waals surface area contributed by atoms with Crippen molar-refractivity contribution >= 4 is 56.1 Å². The molecule has 0 aliphatic carbocycles. The number of hydrogen-bond donors (Lipinski definition) is 2. The number of anilines is 3. The first-order valence-electron chi connectivity index (χ1n) is 12.5. The lowest BCUT2D eigenvalue weighted by Crippen LogP contribution is -2.39. The second-order valence-electron chi connectivity index (χ2n) is 9.28. The largest absolute Gasteiger partial charge is 0.462 e. The molecule has 40 heavy (non-hydrogen) atoms. The van der Waals surface area contributed by atoms with Crippen LogP contribution in [-0.2, 0) is 24.3 Å². The molecule has 0 fully saturated rings. The van der Waals surface area contributed by atoms with Crippen LogP contribution in [0.3, 0.4) is 0 Å². The molecule has 0 aromatic heterocycles. The quantitative estimate of drug-likeness (QED) is 0.301. The molecule has 10 nitrogen and oxygen atoms in total. The van der Waals surface area contributed by atoms with E-state index in [2.05, 4.69) is 10.6 Å². The van der Waals surface area contributed by atoms with Crippen LogP contribution in [0.2, 0.25) is 0 Å². The maximum atomic E-state index is 13.2. The SMILES string of the molecule is CCOC(=O)c1ccc2c(c1)NC(=O)/C2=C(\Nc1ccc(N(CC(=O)N(C)C)S(C)(=O)=O)cc1)c1ccccc1. The Morgan fingerprint density at radius 3 is 2.23 bits per heavy atom. The highest BCUT2D eigenvalue weighted by Crippen LogP contribution is 2.38. The zero-order valence-corrected chi connectivity index (χ0v) is 23.4. The number of amides is 2. The van der Waals surface area contributed by atoms with Gasteiger partial charge in [0.25, 0.3) is 5.91 Å². The molecule has 4 rings (SSSR count). The van der Waals surface area contributed by atoms with Crippen molar-refractivity contribution in [2.24, 2.45) is 0 Å². The molecule has 0 unspecified atom stereocenters. The minimum Gasteiger partial charge on any atom is -0.462 e. The van der Waals surface area contributed by atoms with Crippen molar-refractivity contribution in [1.29, 1.82) is 0 Å². The molecule has 0 saturated carbocycles. The number of likely N-dealkylation sites (N-methyl/N-ethyl adjacent to an activating group) is 1. The Bertz CT molecular complexity index is 1580. The Morgan fingerprint density at radius 2 is 1.62 bits per heavy atom. The van der Waals surface area contributed by atoms with E-state index in [0.717, 1.165) is 16.1 Å². The van der Waals surface area contributed by atoms with Crippen LogP contribution in [0.1, 0.15) is 28.4 Å². The molecule has 0 saturated heterocycles. The van der Waals surface area contributed by atoms with Crippen LogP contribution >= 0.6 is 0 Å². The Labute approximate surface area is 233 Å². The summed E-state index contributed by atoms with van der Waals surface area (Å²) in [7, 11) is -0.605. The first-order chi connectivity index (χ1) is 19.0. The van der Waals surface area contributed by atoms with E-state index >= 15 is 0 Å². The van der Waals surface area contributed by atoms with Gasteiger partial charge in [0.15, 0.2) is 0 Å². The number of benzene rings is 3. The van der Waals surface area contributed by atoms with Gasteiger partial charge in [-0.05, 0) is 48.9 Å². The summed E-state index contributed by atoms with van der Waals surface area (Å²) < 4.78 is 31.0. The highest BCUT2D eigenvalue weighted by molar-refractivity contribution is 7.92. The smallest absolute Gasteiger partial charge is 0.338 e. The topological polar surface area (TPSA) is 125 Å². The summed E-state index contributed by atoms with van der Waals surface area (Å²) in [6, 6.07) is 20.7. The van der Waals surface area contributed by atoms with E-state index < -0.39 is 16.0 Å². The number of rotatable bonds is 9. The molecule has 0 spiro atoms. The van der Waals surface area contributed by atoms with Gasteiger partial charge < -0.3 is 20.3 Å². The fraction of sp³-hybridized carbons (Fsp3) is 0.207. The summed E-state index contributed by atoms with van der Waals surface area (Å²) in [5.74, 6) is -1.18. The number of ether oxygens (including phenoxy) is 1. The molecule has 0 radical (unpaired) electrons. The number of esters is 1. The summed E-state index contributed by atoms with van der Waals surface area (Å²) in [4.78, 5) is 39.0. The molecule has 1 aliphatic rings. The minimum atomic E-state index is -3.72. The third-order valence-corrected chi connectivity index (χ3v) is 7.33. The van der Waals surface area contributed by atoms with E-state index in [1.807, 2.05) is 30.3 Å². The van der Waals surface area contributed by atoms with Crippen molar-refractivity contribution in [3.05, 3.63) is 89.5 Å². The molecule has 2 N–H and O–H groups in total. The number of fused-ring (bicyclic) bond motifs is 1. The summed E-state index contributed by atoms with van der Waals surface area (Å²) >= 11 is 0. The lowest BCUT2D eigenvalue weighted by Gasteiger charge is -2.24. The molecule has 0 atom stereocenters. The number of sulfonamides is 1. The van der Waals surface area contributed by atoms with E-state index in [9.17, 15) is 22.8 Å². The van der Waals surface area contributed by atoms with Gasteiger partial charge in [0.2, 0.25) is 15.9 Å². The Kier molecular flexibility index (Phi) is 8.24. The van der Waals surface area contributed by atoms with Gasteiger partial charge in [0.1, 0.15) is 6.54 Å². The molecule has 1 aliphatic heterocycles. The average molecular weight is 563 g/mol. The molecule has 3 aromatic rings. The Balaban J connectivity index is 1.73. The summed E-state index contributed by atoms with van der Waals surface area (Å²) in [5, 5.41) is 6.15. The van der Waals surface area contributed by atoms with Crippen LogP contribution in [0.15, 0.2) is 72.8 Å². The van der Waals surface area contributed by atoms with Crippen LogP contribution in [0, 0.1) is 0 Å². The predicted octanol–water partition coefficient (Wildman–Crippen LogP) is 3.65. The van der Waals surface area contributed by atoms with Gasteiger partial charge in [-0.15, -0.1) is 0 Å². The van der Waals surface area contributed by atoms with E-state index in [4.69, 9.17) is 4.74 Å². The van der Waals surface area contributed by atoms with E-state index in [0.29, 0.717) is 39.5 Å². The molecule has 208 valence electrons. The van der Waals surface area contributed by atoms with Gasteiger partial charge in [-0.3, -0.25) is 13.9 Å². The maximum absolute atomic E-state index is 13.2. The number of nitrogens with one attached hydrogen (secondary N) is 2. The van der Waals surface area contributed by atoms with Gasteiger partial charge in [-0.2, -0.15) is 0 Å². The summed E-state index contributed by atoms with van der Waals surface area (Å²) in [6.07, 6.45) is 1.05. The van der Waals surface area contributed by atoms with Gasteiger partial charge >= 0.3 is 5.97 Å². The van der Waals surface area contributed by atoms with E-state index in [1.54, 1.807) is 63.5 Å². The highest BCUT2D eigenvalue weighted by atomic mass is 32.2. The van der Waals surface area contributed by atoms with Crippen molar-refractivity contribution in [3.8, 4) is 0 Å². The average Bonchev–Trinajstić information content (AvgIpc) is 3.25. The van der Waals surface area contributed by atoms with Gasteiger partial charge in [0, 0.05) is 25.3 Å². The molecule has 11 heteroatoms. The number of carbonyl (C=O) groups is 3. The number of carbonyl (C=O) groups excluding carboxylic acids is 3. The molecule has 2 amide bonds. The fourth-order valence-electron chi connectivity index (χ4n) is 4.17. The van der Waals surface area contributed by atoms with Crippen molar-refractivity contribution in [1.82, 2.24) is 4.90 Å². The van der Waals surface area contributed by atoms with E-state index in [1.165, 1.54) is 4.90 Å². The molecule has 0 bridgehead atoms. The molecular formula is C29H30N4O6S. The van der Waals surface area contributed by atoms with Crippen LogP contribution in [0.5, 0.6) is 0 Å². The van der Waals surface area contributed by atoms with Gasteiger partial charge in [0.05, 0.1) is 41.1 Å². The van der Waals surface area contributed by atoms with Crippen molar-refractivity contribution in [2.75, 3.05) is 48.4 Å². The van der Waals surface area contributed by atoms with Crippen LogP contribution < -0.4 is 14.9 Å². The second kappa shape index (κ2) is 11.6. The predicted molar refractivity (Wildman–Crippen MR) is 155 cm³/mol. The highest BCUT2D eigenvalue weighted by Gasteiger charge is 2.29. The maximum Gasteiger partial charge on any atom is 0.338 e. The van der Waals surface area contributed by atoms with Crippen molar-refractivity contribution in [3.63, 3.8) is 0 Å². The first-order valence-corrected chi connectivity index (χ1v) is 14.3. The van der Waals surface area contributed by atoms with E-state index in [-0.39, 0.29) is 25.0 Å². The third-order valence-electron chi connectivity index (χ3n) is 6.19. The second-order valence-corrected chi connectivity index (χ2v) is 11.2. The number of hydrogen-bond acceptors (Lipinski definition) is 7. The third kappa shape index (κ3) is 6.15. The van der Waals surface area contributed by atoms with Crippen LogP contribution in [-0.4, -0.2) is 64.6 Å². The Morgan fingerprint density at radius 1 is 0.950 bits per heavy atom. The van der Waals surface area contributed by atoms with Gasteiger partial charge in [-0.1, -0.05) is 36.4 Å². The lowest BCUT2D eigenvalue weighted by molar-refractivity contribution is -0.127. The monoisotopic (exact) mass is 562 g/mol. The van der Waals surface area contributed by atoms with Crippen molar-refractivity contribution < 1.29 is 27.5 Å². The van der Waals surface area contributed by atoms with Crippen LogP contribution in [0.25, 0.3) is 11.3 Å². The van der Waals surface area contributed by atoms with Crippen molar-refractivity contribution in [2.45, 2.75) is 6.92 Å². The summed E-state index contributed by atoms with van der Waals surface area (Å²) in [6.45, 7) is 1.63. The zero-order valence-electron chi connectivity index (χ0n) is 22.6. The Hall–Kier alpha value is -4.64. The molecule has 1 heterocycles. The zero-order chi connectivity index (χ0) is 29.0. The molecule has 3 aromatic carbocycles. The van der Waals surface area contributed by atoms with Crippen LogP contribution in [0.4, 0.5) is 17.1 Å². The molecular weight excluding hydrogens is 532 g/mol. The minimum absolute atomic E-state index is 0.238. The lowest BCUT2D eigenvalue weighted by atomic mass is 9.99. The fourth-order valence-corrected chi connectivity index (χ4v) is 5.02. The number of nitrogens with zero attached hydrogens (tertiary/aromatic N) is 2. The standard InChI is InChI=1S/C29H30N4O6S/c1-5-39-29(36)20-11-16-23-24(17-20)31-28(35)26(23)27(19-9-7-6-8-10-19)30-21-12-14-22(15-13-21)33(40(4,37)38)18-25(34)32(2)3/h6-17,30H,5,18H2,1-4H3,(H,31,35)/b27-26-. The summed E-state index contributed by atoms with van der Waals surface area (Å²) in [5.41, 5.74) is 4.01. The normalized spacial score (nSPS) is 13.7. The van der Waals surface area contributed by atoms with Gasteiger partial charge in [-0.25, -0.2) is 13.2 Å².